The highest BCUT2D eigenvalue weighted by atomic mass is 15.1. The third-order valence-corrected chi connectivity index (χ3v) is 6.68. The summed E-state index contributed by atoms with van der Waals surface area (Å²) in [5.74, 6) is 0. The predicted molar refractivity (Wildman–Crippen MR) is 128 cm³/mol. The normalized spacial score (nSPS) is 17.8. The van der Waals surface area contributed by atoms with E-state index in [0.717, 1.165) is 6.54 Å². The molecule has 4 rings (SSSR count). The number of benzene rings is 2. The molecule has 2 nitrogen and oxygen atoms in total. The highest BCUT2D eigenvalue weighted by molar-refractivity contribution is 5.71. The molecule has 0 unspecified atom stereocenters. The van der Waals surface area contributed by atoms with Crippen molar-refractivity contribution in [1.82, 2.24) is 4.58 Å². The van der Waals surface area contributed by atoms with Crippen molar-refractivity contribution in [3.8, 4) is 0 Å². The molecule has 0 bridgehead atoms. The molecular weight excluding hydrogens is 352 g/mol. The van der Waals surface area contributed by atoms with E-state index in [4.69, 9.17) is 0 Å². The molecule has 0 atom stereocenters. The molecule has 0 spiro atoms. The monoisotopic (exact) mass is 389 g/mol. The zero-order valence-corrected chi connectivity index (χ0v) is 18.6. The van der Waals surface area contributed by atoms with E-state index in [1.54, 1.807) is 0 Å². The van der Waals surface area contributed by atoms with Crippen LogP contribution in [-0.2, 0) is 5.41 Å². The Hall–Kier alpha value is -2.35. The largest absolute Gasteiger partial charge is 0.378 e. The first-order chi connectivity index (χ1) is 13.1. The van der Waals surface area contributed by atoms with Crippen LogP contribution in [0.4, 0.5) is 5.69 Å². The van der Waals surface area contributed by atoms with Gasteiger partial charge in [-0.05, 0) is 71.7 Å². The molecular formula is C27H37N2+. The molecule has 2 aromatic rings. The van der Waals surface area contributed by atoms with Gasteiger partial charge in [0.2, 0.25) is 5.36 Å². The summed E-state index contributed by atoms with van der Waals surface area (Å²) >= 11 is 0. The number of nitrogens with zero attached hydrogens (tertiary/aromatic N) is 2. The zero-order chi connectivity index (χ0) is 20.4. The smallest absolute Gasteiger partial charge is 0.208 e. The van der Waals surface area contributed by atoms with Crippen molar-refractivity contribution in [3.05, 3.63) is 69.2 Å². The van der Waals surface area contributed by atoms with E-state index in [2.05, 4.69) is 108 Å². The molecule has 1 aliphatic carbocycles. The molecule has 154 valence electrons. The van der Waals surface area contributed by atoms with Crippen LogP contribution in [-0.4, -0.2) is 26.2 Å². The van der Waals surface area contributed by atoms with Crippen molar-refractivity contribution in [2.75, 3.05) is 25.5 Å². The van der Waals surface area contributed by atoms with Crippen LogP contribution in [0, 0.1) is 0 Å². The van der Waals surface area contributed by atoms with Gasteiger partial charge in [0.25, 0.3) is 0 Å². The maximum absolute atomic E-state index is 2.54. The van der Waals surface area contributed by atoms with Gasteiger partial charge in [0.1, 0.15) is 6.54 Å². The topological polar surface area (TPSA) is 6.25 Å². The first kappa shape index (κ1) is 21.4. The first-order valence-electron chi connectivity index (χ1n) is 10.4. The standard InChI is InChI=1S/C26H33N2.CH4/c1-9-28-24-15-23-19(13-21(24)17(2)16-25(28,3)4)12-18-10-11-20(27(7)8)14-22(18)26(23,5)6;/h10-16H,9H2,1-8H3;1H4/q+1;. The Bertz CT molecular complexity index is 1130. The van der Waals surface area contributed by atoms with Gasteiger partial charge in [0.15, 0.2) is 5.54 Å². The molecule has 0 fully saturated rings. The van der Waals surface area contributed by atoms with Gasteiger partial charge in [-0.25, -0.2) is 4.58 Å². The minimum atomic E-state index is -0.0287. The highest BCUT2D eigenvalue weighted by Crippen LogP contribution is 2.37. The molecule has 0 saturated carbocycles. The fourth-order valence-corrected chi connectivity index (χ4v) is 5.18. The van der Waals surface area contributed by atoms with Crippen molar-refractivity contribution in [1.29, 1.82) is 0 Å². The number of allylic oxidation sites excluding steroid dienone is 1. The van der Waals surface area contributed by atoms with E-state index in [-0.39, 0.29) is 18.4 Å². The number of likely N-dealkylation sites (N-methyl/N-ethyl adjacent to an activating group) is 1. The van der Waals surface area contributed by atoms with E-state index < -0.39 is 0 Å². The molecule has 0 saturated heterocycles. The van der Waals surface area contributed by atoms with Crippen LogP contribution in [0.25, 0.3) is 11.6 Å². The van der Waals surface area contributed by atoms with Crippen LogP contribution >= 0.6 is 0 Å². The Kier molecular flexibility index (Phi) is 5.06. The second-order valence-electron chi connectivity index (χ2n) is 9.62. The summed E-state index contributed by atoms with van der Waals surface area (Å²) < 4.78 is 2.54. The van der Waals surface area contributed by atoms with Gasteiger partial charge in [-0.15, -0.1) is 0 Å². The third-order valence-electron chi connectivity index (χ3n) is 6.68. The van der Waals surface area contributed by atoms with E-state index in [1.165, 1.54) is 44.1 Å². The Morgan fingerprint density at radius 3 is 2.28 bits per heavy atom. The van der Waals surface area contributed by atoms with Crippen LogP contribution in [0.3, 0.4) is 0 Å². The van der Waals surface area contributed by atoms with E-state index in [9.17, 15) is 0 Å². The van der Waals surface area contributed by atoms with Gasteiger partial charge in [-0.3, -0.25) is 0 Å². The number of anilines is 1. The van der Waals surface area contributed by atoms with Crippen molar-refractivity contribution in [3.63, 3.8) is 0 Å². The van der Waals surface area contributed by atoms with Gasteiger partial charge in [0.05, 0.1) is 0 Å². The lowest BCUT2D eigenvalue weighted by Crippen LogP contribution is -2.50. The lowest BCUT2D eigenvalue weighted by atomic mass is 9.71. The molecule has 2 heteroatoms. The van der Waals surface area contributed by atoms with Gasteiger partial charge >= 0.3 is 0 Å². The Morgan fingerprint density at radius 1 is 0.966 bits per heavy atom. The average molecular weight is 390 g/mol. The van der Waals surface area contributed by atoms with Gasteiger partial charge < -0.3 is 4.90 Å². The fourth-order valence-electron chi connectivity index (χ4n) is 5.18. The first-order valence-corrected chi connectivity index (χ1v) is 10.4. The third kappa shape index (κ3) is 3.13. The molecule has 0 radical (unpaired) electrons. The molecule has 0 N–H and O–H groups in total. The van der Waals surface area contributed by atoms with Crippen LogP contribution < -0.4 is 20.1 Å². The summed E-state index contributed by atoms with van der Waals surface area (Å²) in [6.45, 7) is 14.9. The summed E-state index contributed by atoms with van der Waals surface area (Å²) in [7, 11) is 4.23. The Morgan fingerprint density at radius 2 is 1.66 bits per heavy atom. The minimum Gasteiger partial charge on any atom is -0.378 e. The van der Waals surface area contributed by atoms with Gasteiger partial charge in [0, 0.05) is 50.7 Å². The number of hydrogen-bond donors (Lipinski definition) is 0. The molecule has 0 amide bonds. The van der Waals surface area contributed by atoms with Crippen LogP contribution in [0.15, 0.2) is 36.4 Å². The van der Waals surface area contributed by atoms with Gasteiger partial charge in [-0.1, -0.05) is 27.3 Å². The average Bonchev–Trinajstić information content (AvgIpc) is 2.60. The molecule has 2 aliphatic rings. The SMILES string of the molecule is C.CC[N+]1=c2cc3c(cc2C(C)=CC1(C)C)=Cc1ccc(N(C)C)cc1C3(C)C. The summed E-state index contributed by atoms with van der Waals surface area (Å²) in [5, 5.41) is 2.73. The summed E-state index contributed by atoms with van der Waals surface area (Å²) in [5.41, 5.74) is 8.21. The predicted octanol–water partition coefficient (Wildman–Crippen LogP) is 4.56. The van der Waals surface area contributed by atoms with Crippen LogP contribution in [0.2, 0.25) is 0 Å². The van der Waals surface area contributed by atoms with Crippen LogP contribution in [0.1, 0.15) is 71.2 Å². The van der Waals surface area contributed by atoms with E-state index in [0.29, 0.717) is 0 Å². The minimum absolute atomic E-state index is 0. The van der Waals surface area contributed by atoms with Crippen molar-refractivity contribution < 1.29 is 0 Å². The summed E-state index contributed by atoms with van der Waals surface area (Å²) in [4.78, 5) is 2.19. The van der Waals surface area contributed by atoms with Gasteiger partial charge in [-0.2, -0.15) is 0 Å². The molecule has 0 aromatic heterocycles. The highest BCUT2D eigenvalue weighted by Gasteiger charge is 2.35. The Labute approximate surface area is 176 Å². The lowest BCUT2D eigenvalue weighted by molar-refractivity contribution is 0.401. The summed E-state index contributed by atoms with van der Waals surface area (Å²) in [6.07, 6.45) is 4.79. The lowest BCUT2D eigenvalue weighted by Gasteiger charge is -2.33. The van der Waals surface area contributed by atoms with E-state index in [1.807, 2.05) is 0 Å². The molecule has 29 heavy (non-hydrogen) atoms. The number of rotatable bonds is 2. The quantitative estimate of drug-likeness (QED) is 0.682. The molecule has 1 aliphatic heterocycles. The molecule has 2 aromatic carbocycles. The number of hydrogen-bond acceptors (Lipinski definition) is 1. The maximum atomic E-state index is 2.54. The Balaban J connectivity index is 0.00000240. The second kappa shape index (κ2) is 6.86. The molecule has 1 heterocycles. The fraction of sp³-hybridized carbons (Fsp3) is 0.444. The zero-order valence-electron chi connectivity index (χ0n) is 18.6. The number of fused-ring (bicyclic) bond motifs is 3. The van der Waals surface area contributed by atoms with Crippen molar-refractivity contribution in [2.45, 2.75) is 59.9 Å². The second-order valence-corrected chi connectivity index (χ2v) is 9.62. The summed E-state index contributed by atoms with van der Waals surface area (Å²) in [6, 6.07) is 11.7. The van der Waals surface area contributed by atoms with Crippen molar-refractivity contribution in [2.24, 2.45) is 0 Å². The maximum Gasteiger partial charge on any atom is 0.208 e. The van der Waals surface area contributed by atoms with Crippen molar-refractivity contribution >= 4 is 17.3 Å². The van der Waals surface area contributed by atoms with Crippen LogP contribution in [0.5, 0.6) is 0 Å². The van der Waals surface area contributed by atoms with E-state index >= 15 is 0 Å².